The summed E-state index contributed by atoms with van der Waals surface area (Å²) in [6.07, 6.45) is 4.30. The first kappa shape index (κ1) is 29.0. The quantitative estimate of drug-likeness (QED) is 0.231. The van der Waals surface area contributed by atoms with E-state index >= 15 is 0 Å². The predicted octanol–water partition coefficient (Wildman–Crippen LogP) is 2.23. The summed E-state index contributed by atoms with van der Waals surface area (Å²) in [4.78, 5) is 3.73. The molecule has 10 heteroatoms. The molecule has 0 fully saturated rings. The molecule has 0 aliphatic rings. The van der Waals surface area contributed by atoms with Crippen LogP contribution in [0.3, 0.4) is 0 Å². The molecule has 0 aliphatic heterocycles. The van der Waals surface area contributed by atoms with E-state index in [1.165, 1.54) is 4.82 Å². The molecule has 0 atom stereocenters. The molecule has 29 heavy (non-hydrogen) atoms. The van der Waals surface area contributed by atoms with E-state index in [0.29, 0.717) is 19.8 Å². The zero-order chi connectivity index (χ0) is 22.2. The van der Waals surface area contributed by atoms with Crippen molar-refractivity contribution in [3.8, 4) is 0 Å². The second kappa shape index (κ2) is 16.6. The Balaban J connectivity index is 4.71. The molecule has 0 heterocycles. The molecule has 0 rings (SSSR count). The highest BCUT2D eigenvalue weighted by atomic mass is 28.4. The minimum atomic E-state index is -2.53. The molecule has 0 saturated carbocycles. The second-order valence-electron chi connectivity index (χ2n) is 6.82. The van der Waals surface area contributed by atoms with Crippen LogP contribution in [-0.2, 0) is 22.1 Å². The van der Waals surface area contributed by atoms with Gasteiger partial charge in [0.05, 0.1) is 9.52 Å². The highest BCUT2D eigenvalue weighted by molar-refractivity contribution is 6.86. The minimum absolute atomic E-state index is 0.516. The van der Waals surface area contributed by atoms with Crippen LogP contribution < -0.4 is 5.32 Å². The van der Waals surface area contributed by atoms with Crippen LogP contribution in [0.4, 0.5) is 0 Å². The van der Waals surface area contributed by atoms with Gasteiger partial charge >= 0.3 is 17.4 Å². The van der Waals surface area contributed by atoms with Crippen molar-refractivity contribution in [1.29, 1.82) is 0 Å². The van der Waals surface area contributed by atoms with E-state index in [2.05, 4.69) is 36.8 Å². The van der Waals surface area contributed by atoms with Crippen molar-refractivity contribution in [3.63, 3.8) is 0 Å². The summed E-state index contributed by atoms with van der Waals surface area (Å²) in [5, 5.41) is 3.61. The molecule has 0 aliphatic carbocycles. The molecule has 0 aromatic rings. The molecule has 0 aromatic carbocycles. The van der Waals surface area contributed by atoms with Crippen LogP contribution in [0.25, 0.3) is 0 Å². The normalized spacial score (nSPS) is 13.6. The molecule has 0 bridgehead atoms. The van der Waals surface area contributed by atoms with E-state index in [-0.39, 0.29) is 0 Å². The fourth-order valence-corrected chi connectivity index (χ4v) is 11.0. The van der Waals surface area contributed by atoms with Crippen LogP contribution in [-0.4, -0.2) is 91.6 Å². The van der Waals surface area contributed by atoms with Gasteiger partial charge in [0, 0.05) is 53.2 Å². The van der Waals surface area contributed by atoms with Crippen LogP contribution in [0.2, 0.25) is 12.6 Å². The molecule has 0 aromatic heterocycles. The smallest absolute Gasteiger partial charge is 0.395 e. The maximum absolute atomic E-state index is 5.93. The number of nitrogens with zero attached hydrogens (tertiary/aromatic N) is 1. The summed E-state index contributed by atoms with van der Waals surface area (Å²) >= 11 is 0. The third-order valence-corrected chi connectivity index (χ3v) is 15.0. The maximum atomic E-state index is 5.93. The standard InChI is InChI=1S/C19H46N2O5Si3/c1-9-21(10-2)17-19(28(8,22-6)23-7)27-18-20-15-14-16-29(24-11-3,25-12-4)26-13-5/h17,20H,9-16,18,27H2,1-8H3. The van der Waals surface area contributed by atoms with Crippen LogP contribution >= 0.6 is 0 Å². The van der Waals surface area contributed by atoms with E-state index in [9.17, 15) is 0 Å². The van der Waals surface area contributed by atoms with Gasteiger partial charge in [0.2, 0.25) is 0 Å². The Kier molecular flexibility index (Phi) is 16.6. The molecule has 174 valence electrons. The third kappa shape index (κ3) is 10.7. The van der Waals surface area contributed by atoms with E-state index < -0.39 is 26.9 Å². The van der Waals surface area contributed by atoms with E-state index in [1.54, 1.807) is 14.2 Å². The number of hydrogen-bond donors (Lipinski definition) is 1. The summed E-state index contributed by atoms with van der Waals surface area (Å²) in [7, 11) is -1.77. The third-order valence-electron chi connectivity index (χ3n) is 5.01. The van der Waals surface area contributed by atoms with Crippen LogP contribution in [0.15, 0.2) is 11.0 Å². The van der Waals surface area contributed by atoms with Crippen LogP contribution in [0.1, 0.15) is 41.0 Å². The first-order valence-electron chi connectivity index (χ1n) is 11.1. The lowest BCUT2D eigenvalue weighted by Crippen LogP contribution is -2.46. The molecular weight excluding hydrogens is 420 g/mol. The van der Waals surface area contributed by atoms with Crippen molar-refractivity contribution in [2.45, 2.75) is 53.6 Å². The fourth-order valence-electron chi connectivity index (χ4n) is 3.16. The van der Waals surface area contributed by atoms with Gasteiger partial charge in [0.25, 0.3) is 0 Å². The number of rotatable bonds is 19. The summed E-state index contributed by atoms with van der Waals surface area (Å²) < 4.78 is 29.4. The van der Waals surface area contributed by atoms with Crippen molar-refractivity contribution >= 4 is 26.9 Å². The average Bonchev–Trinajstić information content (AvgIpc) is 2.72. The van der Waals surface area contributed by atoms with Gasteiger partial charge in [-0.05, 0) is 71.3 Å². The van der Waals surface area contributed by atoms with Gasteiger partial charge in [-0.3, -0.25) is 0 Å². The minimum Gasteiger partial charge on any atom is -0.395 e. The van der Waals surface area contributed by atoms with Gasteiger partial charge in [-0.2, -0.15) is 0 Å². The average molecular weight is 467 g/mol. The van der Waals surface area contributed by atoms with E-state index in [1.807, 2.05) is 20.8 Å². The van der Waals surface area contributed by atoms with E-state index in [0.717, 1.165) is 38.3 Å². The first-order valence-corrected chi connectivity index (χ1v) is 17.0. The van der Waals surface area contributed by atoms with Gasteiger partial charge < -0.3 is 32.3 Å². The van der Waals surface area contributed by atoms with Crippen molar-refractivity contribution in [3.05, 3.63) is 11.0 Å². The lowest BCUT2D eigenvalue weighted by atomic mass is 10.5. The van der Waals surface area contributed by atoms with Gasteiger partial charge in [-0.25, -0.2) is 0 Å². The highest BCUT2D eigenvalue weighted by Crippen LogP contribution is 2.18. The van der Waals surface area contributed by atoms with Gasteiger partial charge in [-0.1, -0.05) is 0 Å². The zero-order valence-corrected chi connectivity index (χ0v) is 23.6. The van der Waals surface area contributed by atoms with Crippen molar-refractivity contribution in [1.82, 2.24) is 10.2 Å². The van der Waals surface area contributed by atoms with Crippen molar-refractivity contribution in [2.24, 2.45) is 0 Å². The van der Waals surface area contributed by atoms with Crippen LogP contribution in [0.5, 0.6) is 0 Å². The Bertz CT molecular complexity index is 419. The Labute approximate surface area is 183 Å². The summed E-state index contributed by atoms with van der Waals surface area (Å²) in [6.45, 7) is 17.3. The topological polar surface area (TPSA) is 61.4 Å². The molecule has 0 unspecified atom stereocenters. The van der Waals surface area contributed by atoms with Crippen molar-refractivity contribution in [2.75, 3.05) is 59.8 Å². The zero-order valence-electron chi connectivity index (χ0n) is 20.1. The van der Waals surface area contributed by atoms with Crippen LogP contribution in [0, 0.1) is 0 Å². The number of hydrogen-bond acceptors (Lipinski definition) is 7. The second-order valence-corrected chi connectivity index (χ2v) is 15.4. The van der Waals surface area contributed by atoms with E-state index in [4.69, 9.17) is 22.1 Å². The highest BCUT2D eigenvalue weighted by Gasteiger charge is 2.39. The Hall–Kier alpha value is -0.0494. The molecule has 0 amide bonds. The fraction of sp³-hybridized carbons (Fsp3) is 0.895. The lowest BCUT2D eigenvalue weighted by molar-refractivity contribution is 0.0708. The molecular formula is C19H46N2O5Si3. The summed E-state index contributed by atoms with van der Waals surface area (Å²) in [6, 6.07) is 0.849. The molecule has 0 radical (unpaired) electrons. The molecule has 0 saturated heterocycles. The molecule has 7 nitrogen and oxygen atoms in total. The molecule has 1 N–H and O–H groups in total. The SMILES string of the molecule is CCO[Si](CCCNC[SiH2]C(=CN(CC)CC)[Si](C)(OC)OC)(OCC)OCC. The summed E-state index contributed by atoms with van der Waals surface area (Å²) in [5.74, 6) is 0. The predicted molar refractivity (Wildman–Crippen MR) is 128 cm³/mol. The Morgan fingerprint density at radius 2 is 1.45 bits per heavy atom. The monoisotopic (exact) mass is 466 g/mol. The summed E-state index contributed by atoms with van der Waals surface area (Å²) in [5.41, 5.74) is 0. The maximum Gasteiger partial charge on any atom is 0.500 e. The lowest BCUT2D eigenvalue weighted by Gasteiger charge is -2.29. The Morgan fingerprint density at radius 1 is 0.931 bits per heavy atom. The van der Waals surface area contributed by atoms with Gasteiger partial charge in [0.15, 0.2) is 0 Å². The largest absolute Gasteiger partial charge is 0.500 e. The van der Waals surface area contributed by atoms with Crippen molar-refractivity contribution < 1.29 is 22.1 Å². The van der Waals surface area contributed by atoms with Gasteiger partial charge in [-0.15, -0.1) is 0 Å². The van der Waals surface area contributed by atoms with Gasteiger partial charge in [0.1, 0.15) is 0 Å². The number of nitrogens with one attached hydrogen (secondary N) is 1. The molecule has 0 spiro atoms. The Morgan fingerprint density at radius 3 is 1.86 bits per heavy atom. The first-order chi connectivity index (χ1) is 13.9.